The largest absolute Gasteiger partial charge is 0.381 e. The van der Waals surface area contributed by atoms with Crippen LogP contribution in [0.2, 0.25) is 0 Å². The fraction of sp³-hybridized carbons (Fsp3) is 0.867. The number of carbonyl (C=O) groups is 2. The van der Waals surface area contributed by atoms with Gasteiger partial charge in [0.05, 0.1) is 0 Å². The van der Waals surface area contributed by atoms with E-state index in [1.54, 1.807) is 13.8 Å². The van der Waals surface area contributed by atoms with Gasteiger partial charge in [-0.2, -0.15) is 0 Å². The summed E-state index contributed by atoms with van der Waals surface area (Å²) in [5, 5.41) is 2.86. The fourth-order valence-corrected chi connectivity index (χ4v) is 2.98. The van der Waals surface area contributed by atoms with Crippen LogP contribution >= 0.6 is 0 Å². The summed E-state index contributed by atoms with van der Waals surface area (Å²) in [5.74, 6) is 0.407. The maximum Gasteiger partial charge on any atom is 0.248 e. The van der Waals surface area contributed by atoms with E-state index in [0.717, 1.165) is 26.1 Å². The molecular formula is C15H26N2O3. The molecule has 2 heterocycles. The number of carbonyl (C=O) groups excluding carboxylic acids is 2. The molecule has 0 aromatic heterocycles. The Labute approximate surface area is 121 Å². The van der Waals surface area contributed by atoms with Crippen LogP contribution in [0.4, 0.5) is 0 Å². The van der Waals surface area contributed by atoms with Crippen molar-refractivity contribution in [2.45, 2.75) is 58.0 Å². The number of piperazine rings is 1. The van der Waals surface area contributed by atoms with Gasteiger partial charge in [-0.05, 0) is 46.0 Å². The minimum atomic E-state index is -0.809. The van der Waals surface area contributed by atoms with Crippen molar-refractivity contribution >= 4 is 11.8 Å². The first-order valence-corrected chi connectivity index (χ1v) is 7.53. The Balaban J connectivity index is 2.23. The zero-order chi connectivity index (χ0) is 15.0. The van der Waals surface area contributed by atoms with Gasteiger partial charge in [-0.25, -0.2) is 0 Å². The van der Waals surface area contributed by atoms with E-state index >= 15 is 0 Å². The highest BCUT2D eigenvalue weighted by Crippen LogP contribution is 2.31. The standard InChI is InChI=1S/C15H26N2O3/c1-5-15(4)12(18)16-14(2,3)13(19)17(15)10-11-6-8-20-9-7-11/h11H,5-10H2,1-4H3,(H,16,18). The monoisotopic (exact) mass is 282 g/mol. The van der Waals surface area contributed by atoms with Crippen molar-refractivity contribution in [1.29, 1.82) is 0 Å². The first-order chi connectivity index (χ1) is 9.31. The molecule has 20 heavy (non-hydrogen) atoms. The predicted octanol–water partition coefficient (Wildman–Crippen LogP) is 1.32. The van der Waals surface area contributed by atoms with Crippen molar-refractivity contribution in [2.75, 3.05) is 19.8 Å². The lowest BCUT2D eigenvalue weighted by molar-refractivity contribution is -0.162. The van der Waals surface area contributed by atoms with Crippen molar-refractivity contribution in [2.24, 2.45) is 5.92 Å². The van der Waals surface area contributed by atoms with Gasteiger partial charge in [0.2, 0.25) is 11.8 Å². The molecule has 2 aliphatic rings. The van der Waals surface area contributed by atoms with Gasteiger partial charge in [0.25, 0.3) is 0 Å². The zero-order valence-electron chi connectivity index (χ0n) is 13.0. The van der Waals surface area contributed by atoms with Crippen LogP contribution in [0.3, 0.4) is 0 Å². The summed E-state index contributed by atoms with van der Waals surface area (Å²) in [6, 6.07) is 0. The summed E-state index contributed by atoms with van der Waals surface area (Å²) in [5.41, 5.74) is -1.54. The van der Waals surface area contributed by atoms with Crippen LogP contribution in [0.15, 0.2) is 0 Å². The number of hydrogen-bond acceptors (Lipinski definition) is 3. The second kappa shape index (κ2) is 5.35. The maximum atomic E-state index is 12.7. The van der Waals surface area contributed by atoms with Crippen molar-refractivity contribution in [3.05, 3.63) is 0 Å². The van der Waals surface area contributed by atoms with E-state index < -0.39 is 11.1 Å². The van der Waals surface area contributed by atoms with Gasteiger partial charge in [-0.3, -0.25) is 9.59 Å². The average molecular weight is 282 g/mol. The van der Waals surface area contributed by atoms with Crippen LogP contribution < -0.4 is 5.32 Å². The Bertz CT molecular complexity index is 402. The highest BCUT2D eigenvalue weighted by atomic mass is 16.5. The van der Waals surface area contributed by atoms with Gasteiger partial charge in [-0.1, -0.05) is 6.92 Å². The number of hydrogen-bond donors (Lipinski definition) is 1. The molecular weight excluding hydrogens is 256 g/mol. The van der Waals surface area contributed by atoms with E-state index in [-0.39, 0.29) is 11.8 Å². The maximum absolute atomic E-state index is 12.7. The van der Waals surface area contributed by atoms with Crippen LogP contribution in [0.5, 0.6) is 0 Å². The van der Waals surface area contributed by atoms with E-state index in [1.807, 2.05) is 18.7 Å². The van der Waals surface area contributed by atoms with Gasteiger partial charge < -0.3 is 15.0 Å². The topological polar surface area (TPSA) is 58.6 Å². The molecule has 1 atom stereocenters. The van der Waals surface area contributed by atoms with Crippen molar-refractivity contribution in [3.8, 4) is 0 Å². The molecule has 2 saturated heterocycles. The predicted molar refractivity (Wildman–Crippen MR) is 76.2 cm³/mol. The van der Waals surface area contributed by atoms with Crippen LogP contribution in [0.25, 0.3) is 0 Å². The fourth-order valence-electron chi connectivity index (χ4n) is 2.98. The molecule has 0 aromatic carbocycles. The smallest absolute Gasteiger partial charge is 0.248 e. The second-order valence-electron chi connectivity index (χ2n) is 6.68. The molecule has 0 aliphatic carbocycles. The highest BCUT2D eigenvalue weighted by molar-refractivity contribution is 6.01. The van der Waals surface area contributed by atoms with Gasteiger partial charge in [0, 0.05) is 19.8 Å². The molecule has 114 valence electrons. The zero-order valence-corrected chi connectivity index (χ0v) is 13.0. The summed E-state index contributed by atoms with van der Waals surface area (Å²) in [6.07, 6.45) is 2.56. The number of ether oxygens (including phenoxy) is 1. The van der Waals surface area contributed by atoms with Crippen LogP contribution in [0.1, 0.15) is 47.0 Å². The van der Waals surface area contributed by atoms with E-state index in [0.29, 0.717) is 18.9 Å². The molecule has 2 rings (SSSR count). The van der Waals surface area contributed by atoms with E-state index in [9.17, 15) is 9.59 Å². The molecule has 1 N–H and O–H groups in total. The van der Waals surface area contributed by atoms with E-state index in [4.69, 9.17) is 4.74 Å². The lowest BCUT2D eigenvalue weighted by Gasteiger charge is -2.50. The third kappa shape index (κ3) is 2.55. The van der Waals surface area contributed by atoms with Crippen LogP contribution in [-0.2, 0) is 14.3 Å². The number of rotatable bonds is 3. The Morgan fingerprint density at radius 2 is 1.85 bits per heavy atom. The average Bonchev–Trinajstić information content (AvgIpc) is 2.42. The minimum absolute atomic E-state index is 0.0212. The van der Waals surface area contributed by atoms with Gasteiger partial charge in [0.15, 0.2) is 0 Å². The van der Waals surface area contributed by atoms with E-state index in [2.05, 4.69) is 5.32 Å². The van der Waals surface area contributed by atoms with Crippen molar-refractivity contribution in [1.82, 2.24) is 10.2 Å². The Hall–Kier alpha value is -1.10. The second-order valence-corrected chi connectivity index (χ2v) is 6.68. The Morgan fingerprint density at radius 1 is 1.25 bits per heavy atom. The van der Waals surface area contributed by atoms with Crippen molar-refractivity contribution in [3.63, 3.8) is 0 Å². The third-order valence-electron chi connectivity index (χ3n) is 4.76. The molecule has 0 bridgehead atoms. The first-order valence-electron chi connectivity index (χ1n) is 7.53. The van der Waals surface area contributed by atoms with Crippen LogP contribution in [0, 0.1) is 5.92 Å². The lowest BCUT2D eigenvalue weighted by atomic mass is 9.84. The van der Waals surface area contributed by atoms with Gasteiger partial charge >= 0.3 is 0 Å². The normalized spacial score (nSPS) is 31.3. The van der Waals surface area contributed by atoms with Crippen molar-refractivity contribution < 1.29 is 14.3 Å². The summed E-state index contributed by atoms with van der Waals surface area (Å²) in [4.78, 5) is 27.0. The highest BCUT2D eigenvalue weighted by Gasteiger charge is 2.51. The van der Waals surface area contributed by atoms with Crippen LogP contribution in [-0.4, -0.2) is 47.6 Å². The van der Waals surface area contributed by atoms with Gasteiger partial charge in [0.1, 0.15) is 11.1 Å². The molecule has 1 unspecified atom stereocenters. The molecule has 0 spiro atoms. The number of amides is 2. The first kappa shape index (κ1) is 15.3. The molecule has 5 nitrogen and oxygen atoms in total. The molecule has 0 radical (unpaired) electrons. The third-order valence-corrected chi connectivity index (χ3v) is 4.76. The number of nitrogens with zero attached hydrogens (tertiary/aromatic N) is 1. The summed E-state index contributed by atoms with van der Waals surface area (Å²) in [7, 11) is 0. The Morgan fingerprint density at radius 3 is 2.40 bits per heavy atom. The summed E-state index contributed by atoms with van der Waals surface area (Å²) < 4.78 is 5.37. The molecule has 0 aromatic rings. The molecule has 2 amide bonds. The van der Waals surface area contributed by atoms with E-state index in [1.165, 1.54) is 0 Å². The lowest BCUT2D eigenvalue weighted by Crippen LogP contribution is -2.73. The molecule has 0 saturated carbocycles. The number of nitrogens with one attached hydrogen (secondary N) is 1. The Kier molecular flexibility index (Phi) is 4.09. The summed E-state index contributed by atoms with van der Waals surface area (Å²) in [6.45, 7) is 9.55. The summed E-state index contributed by atoms with van der Waals surface area (Å²) >= 11 is 0. The quantitative estimate of drug-likeness (QED) is 0.849. The molecule has 5 heteroatoms. The molecule has 2 fully saturated rings. The van der Waals surface area contributed by atoms with Gasteiger partial charge in [-0.15, -0.1) is 0 Å². The minimum Gasteiger partial charge on any atom is -0.381 e. The SMILES string of the molecule is CCC1(C)C(=O)NC(C)(C)C(=O)N1CC1CCOCC1. The molecule has 2 aliphatic heterocycles.